The summed E-state index contributed by atoms with van der Waals surface area (Å²) in [6.45, 7) is 4.56. The van der Waals surface area contributed by atoms with Gasteiger partial charge in [0.05, 0.1) is 5.92 Å². The molecule has 0 radical (unpaired) electrons. The molecule has 2 amide bonds. The van der Waals surface area contributed by atoms with Crippen LogP contribution in [0.2, 0.25) is 0 Å². The van der Waals surface area contributed by atoms with E-state index in [1.54, 1.807) is 4.90 Å². The lowest BCUT2D eigenvalue weighted by atomic mass is 9.93. The van der Waals surface area contributed by atoms with Crippen LogP contribution >= 0.6 is 0 Å². The third-order valence-corrected chi connectivity index (χ3v) is 8.81. The number of benzene rings is 5. The number of ether oxygens (including phenoxy) is 1. The molecule has 0 aliphatic heterocycles. The number of carboxylic acids is 1. The zero-order valence-electron chi connectivity index (χ0n) is 29.3. The largest absolute Gasteiger partial charge is 0.480 e. The highest BCUT2D eigenvalue weighted by atomic mass is 16.5. The van der Waals surface area contributed by atoms with Crippen LogP contribution in [0.5, 0.6) is 0 Å². The predicted octanol–water partition coefficient (Wildman–Crippen LogP) is 8.68. The van der Waals surface area contributed by atoms with E-state index >= 15 is 0 Å². The molecule has 7 heteroatoms. The Labute approximate surface area is 300 Å². The second kappa shape index (κ2) is 18.3. The SMILES string of the molecule is CC(C)CN(CC(CCc1ccccc1)C(=O)OCc1ccccc1)C(=O)N[C@@H](Cc1ccc(-c2ccccc2-c2ccccc2)cc1)C(=O)O. The smallest absolute Gasteiger partial charge is 0.326 e. The van der Waals surface area contributed by atoms with E-state index in [0.29, 0.717) is 19.4 Å². The quantitative estimate of drug-likeness (QED) is 0.102. The van der Waals surface area contributed by atoms with Crippen molar-refractivity contribution >= 4 is 18.0 Å². The van der Waals surface area contributed by atoms with Gasteiger partial charge in [0.25, 0.3) is 0 Å². The van der Waals surface area contributed by atoms with Gasteiger partial charge in [0.2, 0.25) is 0 Å². The zero-order chi connectivity index (χ0) is 36.0. The van der Waals surface area contributed by atoms with Crippen molar-refractivity contribution in [3.63, 3.8) is 0 Å². The number of esters is 1. The molecule has 0 aromatic heterocycles. The van der Waals surface area contributed by atoms with E-state index in [1.165, 1.54) is 0 Å². The Hall–Kier alpha value is -5.69. The summed E-state index contributed by atoms with van der Waals surface area (Å²) < 4.78 is 5.75. The van der Waals surface area contributed by atoms with E-state index in [2.05, 4.69) is 29.6 Å². The van der Waals surface area contributed by atoms with Gasteiger partial charge in [-0.25, -0.2) is 9.59 Å². The van der Waals surface area contributed by atoms with Crippen LogP contribution in [0.4, 0.5) is 4.79 Å². The fourth-order valence-corrected chi connectivity index (χ4v) is 6.16. The molecule has 0 aliphatic rings. The van der Waals surface area contributed by atoms with Gasteiger partial charge < -0.3 is 20.1 Å². The molecule has 0 saturated heterocycles. The lowest BCUT2D eigenvalue weighted by molar-refractivity contribution is -0.150. The molecule has 0 heterocycles. The number of aryl methyl sites for hydroxylation is 1. The first-order chi connectivity index (χ1) is 24.8. The van der Waals surface area contributed by atoms with Crippen LogP contribution < -0.4 is 5.32 Å². The molecule has 2 N–H and O–H groups in total. The number of urea groups is 1. The third-order valence-electron chi connectivity index (χ3n) is 8.81. The van der Waals surface area contributed by atoms with Crippen molar-refractivity contribution in [1.82, 2.24) is 10.2 Å². The predicted molar refractivity (Wildman–Crippen MR) is 202 cm³/mol. The van der Waals surface area contributed by atoms with Crippen molar-refractivity contribution in [1.29, 1.82) is 0 Å². The zero-order valence-corrected chi connectivity index (χ0v) is 29.3. The van der Waals surface area contributed by atoms with Crippen LogP contribution in [-0.2, 0) is 33.8 Å². The number of hydrogen-bond acceptors (Lipinski definition) is 4. The lowest BCUT2D eigenvalue weighted by Crippen LogP contribution is -2.51. The second-order valence-corrected chi connectivity index (χ2v) is 13.3. The average Bonchev–Trinajstić information content (AvgIpc) is 3.16. The maximum absolute atomic E-state index is 13.8. The fourth-order valence-electron chi connectivity index (χ4n) is 6.16. The molecule has 0 spiro atoms. The molecule has 1 unspecified atom stereocenters. The topological polar surface area (TPSA) is 95.9 Å². The fraction of sp³-hybridized carbons (Fsp3) is 0.250. The highest BCUT2D eigenvalue weighted by Crippen LogP contribution is 2.32. The van der Waals surface area contributed by atoms with Crippen molar-refractivity contribution in [2.45, 2.75) is 45.8 Å². The first-order valence-corrected chi connectivity index (χ1v) is 17.5. The van der Waals surface area contributed by atoms with Gasteiger partial charge in [0, 0.05) is 19.5 Å². The molecule has 5 aromatic rings. The van der Waals surface area contributed by atoms with Crippen LogP contribution in [0.15, 0.2) is 140 Å². The van der Waals surface area contributed by atoms with E-state index in [0.717, 1.165) is 38.9 Å². The van der Waals surface area contributed by atoms with Crippen molar-refractivity contribution < 1.29 is 24.2 Å². The second-order valence-electron chi connectivity index (χ2n) is 13.3. The summed E-state index contributed by atoms with van der Waals surface area (Å²) in [5.41, 5.74) is 7.05. The number of hydrogen-bond donors (Lipinski definition) is 2. The van der Waals surface area contributed by atoms with Crippen LogP contribution in [0.1, 0.15) is 37.0 Å². The van der Waals surface area contributed by atoms with Gasteiger partial charge in [-0.2, -0.15) is 0 Å². The number of nitrogens with zero attached hydrogens (tertiary/aromatic N) is 1. The first kappa shape index (κ1) is 36.6. The van der Waals surface area contributed by atoms with Gasteiger partial charge in [-0.15, -0.1) is 0 Å². The Bertz CT molecular complexity index is 1840. The molecular weight excluding hydrogens is 636 g/mol. The lowest BCUT2D eigenvalue weighted by Gasteiger charge is -2.30. The van der Waals surface area contributed by atoms with Crippen LogP contribution in [0, 0.1) is 11.8 Å². The third kappa shape index (κ3) is 10.9. The molecule has 7 nitrogen and oxygen atoms in total. The van der Waals surface area contributed by atoms with Gasteiger partial charge in [-0.3, -0.25) is 4.79 Å². The van der Waals surface area contributed by atoms with Crippen molar-refractivity contribution in [3.8, 4) is 22.3 Å². The molecule has 5 aromatic carbocycles. The summed E-state index contributed by atoms with van der Waals surface area (Å²) in [4.78, 5) is 41.4. The standard InChI is InChI=1S/C44H46N2O5/c1-32(2)29-46(30-38(27-22-33-14-6-3-7-15-33)43(49)51-31-35-16-8-4-9-17-35)44(50)45-41(42(47)48)28-34-23-25-37(26-24-34)40-21-13-12-20-39(40)36-18-10-5-11-19-36/h3-21,23-26,32,38,41H,22,27-31H2,1-2H3,(H,45,50)(H,47,48)/t38?,41-/m0/s1. The normalized spacial score (nSPS) is 12.1. The number of carboxylic acid groups (broad SMARTS) is 1. The molecule has 5 rings (SSSR count). The summed E-state index contributed by atoms with van der Waals surface area (Å²) in [7, 11) is 0. The molecule has 0 saturated carbocycles. The van der Waals surface area contributed by atoms with Gasteiger partial charge in [0.1, 0.15) is 12.6 Å². The van der Waals surface area contributed by atoms with E-state index in [-0.39, 0.29) is 31.5 Å². The Morgan fingerprint density at radius 3 is 1.75 bits per heavy atom. The van der Waals surface area contributed by atoms with Gasteiger partial charge in [-0.1, -0.05) is 153 Å². The highest BCUT2D eigenvalue weighted by Gasteiger charge is 2.29. The Balaban J connectivity index is 1.29. The Morgan fingerprint density at radius 2 is 1.18 bits per heavy atom. The molecule has 262 valence electrons. The Kier molecular flexibility index (Phi) is 13.2. The summed E-state index contributed by atoms with van der Waals surface area (Å²) in [5.74, 6) is -2.04. The van der Waals surface area contributed by atoms with E-state index in [4.69, 9.17) is 4.74 Å². The van der Waals surface area contributed by atoms with Crippen LogP contribution in [0.25, 0.3) is 22.3 Å². The van der Waals surface area contributed by atoms with Crippen molar-refractivity contribution in [2.24, 2.45) is 11.8 Å². The number of rotatable bonds is 16. The minimum absolute atomic E-state index is 0.0837. The number of amides is 2. The van der Waals surface area contributed by atoms with Crippen LogP contribution in [-0.4, -0.2) is 47.1 Å². The van der Waals surface area contributed by atoms with Crippen molar-refractivity contribution in [2.75, 3.05) is 13.1 Å². The molecule has 0 fully saturated rings. The van der Waals surface area contributed by atoms with E-state index < -0.39 is 24.0 Å². The summed E-state index contributed by atoms with van der Waals surface area (Å²) in [6.07, 6.45) is 1.21. The van der Waals surface area contributed by atoms with Gasteiger partial charge in [0.15, 0.2) is 0 Å². The first-order valence-electron chi connectivity index (χ1n) is 17.5. The average molecular weight is 683 g/mol. The number of carbonyl (C=O) groups is 3. The molecule has 2 atom stereocenters. The monoisotopic (exact) mass is 682 g/mol. The van der Waals surface area contributed by atoms with Gasteiger partial charge in [-0.05, 0) is 57.7 Å². The van der Waals surface area contributed by atoms with E-state index in [9.17, 15) is 19.5 Å². The molecule has 0 bridgehead atoms. The summed E-state index contributed by atoms with van der Waals surface area (Å²) in [5, 5.41) is 13.0. The summed E-state index contributed by atoms with van der Waals surface area (Å²) >= 11 is 0. The van der Waals surface area contributed by atoms with E-state index in [1.807, 2.05) is 129 Å². The molecule has 0 aliphatic carbocycles. The van der Waals surface area contributed by atoms with Crippen molar-refractivity contribution in [3.05, 3.63) is 156 Å². The minimum Gasteiger partial charge on any atom is -0.480 e. The summed E-state index contributed by atoms with van der Waals surface area (Å²) in [6, 6.07) is 43.8. The molecular formula is C44H46N2O5. The minimum atomic E-state index is -1.16. The van der Waals surface area contributed by atoms with Crippen LogP contribution in [0.3, 0.4) is 0 Å². The number of aliphatic carboxylic acids is 1. The van der Waals surface area contributed by atoms with Gasteiger partial charge >= 0.3 is 18.0 Å². The maximum Gasteiger partial charge on any atom is 0.326 e. The molecule has 51 heavy (non-hydrogen) atoms. The number of nitrogens with one attached hydrogen (secondary N) is 1. The maximum atomic E-state index is 13.8. The Morgan fingerprint density at radius 1 is 0.647 bits per heavy atom. The number of carbonyl (C=O) groups excluding carboxylic acids is 2. The highest BCUT2D eigenvalue weighted by molar-refractivity contribution is 5.84.